The molecule has 3 aromatic rings. The third-order valence-electron chi connectivity index (χ3n) is 12.1. The van der Waals surface area contributed by atoms with Crippen LogP contribution in [0.3, 0.4) is 0 Å². The molecule has 1 unspecified atom stereocenters. The molecule has 2 saturated heterocycles. The number of hydrogen-bond donors (Lipinski definition) is 2. The molecule has 4 aliphatic rings. The summed E-state index contributed by atoms with van der Waals surface area (Å²) in [7, 11) is -4.10. The Labute approximate surface area is 350 Å². The average Bonchev–Trinajstić information content (AvgIpc) is 3.41. The summed E-state index contributed by atoms with van der Waals surface area (Å²) in [6, 6.07) is 14.6. The zero-order valence-corrected chi connectivity index (χ0v) is 35.4. The maximum absolute atomic E-state index is 13.6. The van der Waals surface area contributed by atoms with Crippen molar-refractivity contribution >= 4 is 50.9 Å². The molecular weight excluding hydrogens is 794 g/mol. The molecule has 59 heavy (non-hydrogen) atoms. The predicted octanol–water partition coefficient (Wildman–Crippen LogP) is 5.37. The number of carbonyl (C=O) groups excluding carboxylic acids is 3. The highest BCUT2D eigenvalue weighted by Gasteiger charge is 2.64. The number of amides is 3. The second kappa shape index (κ2) is 16.5. The van der Waals surface area contributed by atoms with Gasteiger partial charge in [0, 0.05) is 67.3 Å². The number of nitrogens with zero attached hydrogens (tertiary/aromatic N) is 5. The number of pyridine rings is 1. The molecule has 14 nitrogen and oxygen atoms in total. The number of sulfonamides is 1. The molecule has 0 bridgehead atoms. The van der Waals surface area contributed by atoms with Gasteiger partial charge in [-0.2, -0.15) is 5.26 Å². The van der Waals surface area contributed by atoms with Crippen molar-refractivity contribution in [2.24, 2.45) is 10.8 Å². The predicted molar refractivity (Wildman–Crippen MR) is 222 cm³/mol. The minimum atomic E-state index is -4.10. The van der Waals surface area contributed by atoms with Gasteiger partial charge in [0.1, 0.15) is 40.4 Å². The van der Waals surface area contributed by atoms with Gasteiger partial charge in [-0.3, -0.25) is 28.9 Å². The molecule has 16 heteroatoms. The number of rotatable bonds is 13. The molecule has 0 radical (unpaired) electrons. The van der Waals surface area contributed by atoms with Crippen LogP contribution in [-0.4, -0.2) is 97.8 Å². The van der Waals surface area contributed by atoms with E-state index in [-0.39, 0.29) is 58.1 Å². The van der Waals surface area contributed by atoms with Gasteiger partial charge >= 0.3 is 0 Å². The number of aromatic nitrogens is 1. The number of fused-ring (bicyclic) bond motifs is 1. The highest BCUT2D eigenvalue weighted by atomic mass is 35.5. The Morgan fingerprint density at radius 3 is 2.46 bits per heavy atom. The van der Waals surface area contributed by atoms with Crippen molar-refractivity contribution in [1.29, 1.82) is 5.26 Å². The number of hydrogen-bond acceptors (Lipinski definition) is 11. The van der Waals surface area contributed by atoms with Crippen LogP contribution in [-0.2, 0) is 19.6 Å². The summed E-state index contributed by atoms with van der Waals surface area (Å²) >= 11 is 6.24. The van der Waals surface area contributed by atoms with Gasteiger partial charge in [-0.1, -0.05) is 58.0 Å². The Kier molecular flexibility index (Phi) is 11.7. The SMILES string of the molecule is C=C1c2cccc(OCCCCCN3CCN(c4ccc(C(=O)N[C@H]5C(C)(C)[C@H](Oc6ccc(C#N)c(Cl)c6)C5(C)C)cn4)CC3)c2S(=O)(=O)N1C1CCC(=O)NC1=O. The summed E-state index contributed by atoms with van der Waals surface area (Å²) in [5.74, 6) is 0.383. The number of anilines is 1. The number of piperazine rings is 1. The Balaban J connectivity index is 0.831. The largest absolute Gasteiger partial charge is 0.492 e. The van der Waals surface area contributed by atoms with Gasteiger partial charge in [-0.05, 0) is 62.6 Å². The number of benzene rings is 2. The zero-order chi connectivity index (χ0) is 42.3. The molecule has 3 aliphatic heterocycles. The third kappa shape index (κ3) is 8.10. The monoisotopic (exact) mass is 843 g/mol. The normalized spacial score (nSPS) is 23.1. The van der Waals surface area contributed by atoms with Crippen LogP contribution in [0.4, 0.5) is 5.82 Å². The second-order valence-electron chi connectivity index (χ2n) is 16.8. The van der Waals surface area contributed by atoms with Crippen molar-refractivity contribution in [3.63, 3.8) is 0 Å². The van der Waals surface area contributed by atoms with Crippen molar-refractivity contribution < 1.29 is 32.3 Å². The Hall–Kier alpha value is -5.17. The summed E-state index contributed by atoms with van der Waals surface area (Å²) < 4.78 is 40.7. The lowest BCUT2D eigenvalue weighted by Crippen LogP contribution is -2.74. The highest BCUT2D eigenvalue weighted by molar-refractivity contribution is 7.90. The van der Waals surface area contributed by atoms with Gasteiger partial charge in [0.05, 0.1) is 28.5 Å². The quantitative estimate of drug-likeness (QED) is 0.167. The Bertz CT molecular complexity index is 2290. The number of ether oxygens (including phenoxy) is 2. The van der Waals surface area contributed by atoms with E-state index in [1.807, 2.05) is 12.1 Å². The Morgan fingerprint density at radius 1 is 1.05 bits per heavy atom. The Morgan fingerprint density at radius 2 is 1.80 bits per heavy atom. The lowest BCUT2D eigenvalue weighted by atomic mass is 9.49. The van der Waals surface area contributed by atoms with E-state index in [4.69, 9.17) is 21.1 Å². The van der Waals surface area contributed by atoms with Crippen molar-refractivity contribution in [2.45, 2.75) is 82.9 Å². The van der Waals surface area contributed by atoms with Crippen LogP contribution in [0, 0.1) is 22.2 Å². The zero-order valence-electron chi connectivity index (χ0n) is 33.8. The van der Waals surface area contributed by atoms with Crippen LogP contribution in [0.5, 0.6) is 11.5 Å². The number of imide groups is 1. The lowest BCUT2D eigenvalue weighted by Gasteiger charge is -2.63. The van der Waals surface area contributed by atoms with Crippen LogP contribution >= 0.6 is 11.6 Å². The molecule has 1 atom stereocenters. The standard InChI is InChI=1S/C43H50ClN7O7S/c1-27-31-10-9-11-34(37(31)59(55,56)51(27)33-15-17-36(52)47-39(33)54)57-23-8-6-7-18-49-19-21-50(22-20-49)35-16-13-29(26-46-35)38(53)48-40-42(2,3)41(43(40,4)5)58-30-14-12-28(25-45)32(44)24-30/h9-14,16,24,26,33,40-41H,1,6-8,15,17-23H2,2-5H3,(H,48,53)(H,47,52,54)/t33?,40-,41-. The molecule has 2 aromatic carbocycles. The molecule has 3 amide bonds. The maximum atomic E-state index is 13.6. The van der Waals surface area contributed by atoms with Gasteiger partial charge in [-0.15, -0.1) is 0 Å². The number of unbranched alkanes of at least 4 members (excludes halogenated alkanes) is 2. The molecule has 1 aliphatic carbocycles. The van der Waals surface area contributed by atoms with E-state index in [0.29, 0.717) is 34.1 Å². The number of nitrogens with one attached hydrogen (secondary N) is 2. The summed E-state index contributed by atoms with van der Waals surface area (Å²) in [4.78, 5) is 46.9. The van der Waals surface area contributed by atoms with Gasteiger partial charge in [-0.25, -0.2) is 13.4 Å². The molecule has 2 N–H and O–H groups in total. The van der Waals surface area contributed by atoms with Crippen molar-refractivity contribution in [1.82, 2.24) is 24.8 Å². The average molecular weight is 844 g/mol. The van der Waals surface area contributed by atoms with E-state index >= 15 is 0 Å². The highest BCUT2D eigenvalue weighted by Crippen LogP contribution is 2.55. The molecule has 312 valence electrons. The first kappa shape index (κ1) is 42.0. The summed E-state index contributed by atoms with van der Waals surface area (Å²) in [5, 5.41) is 15.0. The van der Waals surface area contributed by atoms with E-state index in [0.717, 1.165) is 62.1 Å². The van der Waals surface area contributed by atoms with E-state index in [9.17, 15) is 28.1 Å². The lowest BCUT2D eigenvalue weighted by molar-refractivity contribution is -0.164. The number of carbonyl (C=O) groups is 3. The fourth-order valence-electron chi connectivity index (χ4n) is 9.26. The van der Waals surface area contributed by atoms with E-state index in [2.05, 4.69) is 65.8 Å². The van der Waals surface area contributed by atoms with Crippen LogP contribution < -0.4 is 25.0 Å². The molecular formula is C43H50ClN7O7S. The van der Waals surface area contributed by atoms with Crippen LogP contribution in [0.1, 0.15) is 81.3 Å². The minimum absolute atomic E-state index is 0.00935. The summed E-state index contributed by atoms with van der Waals surface area (Å²) in [6.45, 7) is 16.9. The van der Waals surface area contributed by atoms with E-state index in [1.54, 1.807) is 42.6 Å². The number of piperidine rings is 1. The third-order valence-corrected chi connectivity index (χ3v) is 14.3. The minimum Gasteiger partial charge on any atom is -0.492 e. The summed E-state index contributed by atoms with van der Waals surface area (Å²) in [6.07, 6.45) is 4.17. The van der Waals surface area contributed by atoms with Crippen molar-refractivity contribution in [3.8, 4) is 17.6 Å². The maximum Gasteiger partial charge on any atom is 0.269 e. The van der Waals surface area contributed by atoms with Crippen molar-refractivity contribution in [2.75, 3.05) is 44.2 Å². The fourth-order valence-corrected chi connectivity index (χ4v) is 11.4. The van der Waals surface area contributed by atoms with Gasteiger partial charge < -0.3 is 19.7 Å². The topological polar surface area (TPSA) is 174 Å². The van der Waals surface area contributed by atoms with E-state index in [1.165, 1.54) is 0 Å². The van der Waals surface area contributed by atoms with Gasteiger partial charge in [0.15, 0.2) is 0 Å². The van der Waals surface area contributed by atoms with Crippen LogP contribution in [0.2, 0.25) is 5.02 Å². The second-order valence-corrected chi connectivity index (χ2v) is 18.9. The molecule has 0 spiro atoms. The van der Waals surface area contributed by atoms with Crippen molar-refractivity contribution in [3.05, 3.63) is 83.0 Å². The molecule has 7 rings (SSSR count). The molecule has 4 heterocycles. The number of nitriles is 1. The first-order valence-corrected chi connectivity index (χ1v) is 21.8. The first-order valence-electron chi connectivity index (χ1n) is 20.0. The fraction of sp³-hybridized carbons (Fsp3) is 0.465. The summed E-state index contributed by atoms with van der Waals surface area (Å²) in [5.41, 5.74) is 0.715. The first-order chi connectivity index (χ1) is 28.0. The van der Waals surface area contributed by atoms with Crippen LogP contribution in [0.15, 0.2) is 66.2 Å². The molecule has 3 fully saturated rings. The van der Waals surface area contributed by atoms with Gasteiger partial charge in [0.2, 0.25) is 11.8 Å². The number of halogens is 1. The molecule has 1 aromatic heterocycles. The van der Waals surface area contributed by atoms with E-state index < -0.39 is 27.9 Å². The van der Waals surface area contributed by atoms with Gasteiger partial charge in [0.25, 0.3) is 15.9 Å². The molecule has 1 saturated carbocycles. The smallest absolute Gasteiger partial charge is 0.269 e. The van der Waals surface area contributed by atoms with Crippen LogP contribution in [0.25, 0.3) is 5.70 Å².